The number of aromatic hydroxyl groups is 1. The molecule has 2 saturated heterocycles. The van der Waals surface area contributed by atoms with Crippen molar-refractivity contribution in [3.05, 3.63) is 46.9 Å². The highest BCUT2D eigenvalue weighted by Crippen LogP contribution is 2.54. The number of alkyl halides is 2. The molecular formula is C35H37F3N6O4S. The fourth-order valence-electron chi connectivity index (χ4n) is 7.67. The average Bonchev–Trinajstić information content (AvgIpc) is 3.93. The van der Waals surface area contributed by atoms with Crippen molar-refractivity contribution in [1.82, 2.24) is 24.5 Å². The lowest BCUT2D eigenvalue weighted by Crippen LogP contribution is -2.58. The Hall–Kier alpha value is -4.06. The summed E-state index contributed by atoms with van der Waals surface area (Å²) in [5, 5.41) is 14.5. The number of nitrogens with one attached hydrogen (secondary N) is 1. The molecule has 8 rings (SSSR count). The first-order valence-electron chi connectivity index (χ1n) is 16.5. The molecule has 1 atom stereocenters. The number of nitrogens with zero attached hydrogens (tertiary/aromatic N) is 5. The van der Waals surface area contributed by atoms with E-state index in [0.717, 1.165) is 51.4 Å². The van der Waals surface area contributed by atoms with Gasteiger partial charge in [-0.3, -0.25) is 4.31 Å². The summed E-state index contributed by atoms with van der Waals surface area (Å²) in [6, 6.07) is 3.38. The van der Waals surface area contributed by atoms with Crippen LogP contribution < -0.4 is 15.0 Å². The molecule has 2 saturated carbocycles. The lowest BCUT2D eigenvalue weighted by molar-refractivity contribution is 0.0990. The van der Waals surface area contributed by atoms with Crippen molar-refractivity contribution in [2.75, 3.05) is 58.3 Å². The third-order valence-corrected chi connectivity index (χ3v) is 12.5. The topological polar surface area (TPSA) is 111 Å². The number of aromatic nitrogens is 2. The third-order valence-electron chi connectivity index (χ3n) is 10.7. The molecule has 1 spiro atoms. The van der Waals surface area contributed by atoms with Crippen LogP contribution in [-0.4, -0.2) is 98.1 Å². The van der Waals surface area contributed by atoms with Gasteiger partial charge in [0.2, 0.25) is 0 Å². The Kier molecular flexibility index (Phi) is 7.20. The molecule has 0 radical (unpaired) electrons. The zero-order valence-electron chi connectivity index (χ0n) is 27.3. The SMILES string of the molecule is C#Cc1c(F)ccc2cc(O)cc(C3=Cc4nc(OCC5(CN(C)C)CC5)nc(N5CCC6(CC5)CNC6)c4S(=O)(=O)N3C3CC3(F)F)c12. The summed E-state index contributed by atoms with van der Waals surface area (Å²) in [5.74, 6) is -1.91. The van der Waals surface area contributed by atoms with Gasteiger partial charge in [0.15, 0.2) is 10.7 Å². The highest BCUT2D eigenvalue weighted by Gasteiger charge is 2.65. The number of sulfonamides is 1. The second kappa shape index (κ2) is 11.0. The number of benzene rings is 2. The van der Waals surface area contributed by atoms with Gasteiger partial charge in [0, 0.05) is 55.5 Å². The van der Waals surface area contributed by atoms with Gasteiger partial charge in [0.25, 0.3) is 15.9 Å². The highest BCUT2D eigenvalue weighted by molar-refractivity contribution is 7.89. The summed E-state index contributed by atoms with van der Waals surface area (Å²) in [6.07, 6.45) is 9.95. The first-order chi connectivity index (χ1) is 23.2. The summed E-state index contributed by atoms with van der Waals surface area (Å²) in [6.45, 7) is 3.93. The van der Waals surface area contributed by atoms with E-state index in [4.69, 9.17) is 11.2 Å². The van der Waals surface area contributed by atoms with Crippen LogP contribution in [0, 0.1) is 29.0 Å². The maximum absolute atomic E-state index is 15.1. The number of phenols is 1. The lowest BCUT2D eigenvalue weighted by Gasteiger charge is -2.49. The fourth-order valence-corrected chi connectivity index (χ4v) is 9.62. The highest BCUT2D eigenvalue weighted by atomic mass is 32.2. The van der Waals surface area contributed by atoms with Crippen LogP contribution in [0.5, 0.6) is 11.8 Å². The van der Waals surface area contributed by atoms with Crippen LogP contribution in [0.25, 0.3) is 22.5 Å². The molecule has 0 amide bonds. The number of rotatable bonds is 8. The molecule has 3 aromatic rings. The van der Waals surface area contributed by atoms with E-state index in [2.05, 4.69) is 26.1 Å². The van der Waals surface area contributed by atoms with E-state index in [9.17, 15) is 13.5 Å². The Balaban J connectivity index is 1.32. The van der Waals surface area contributed by atoms with Crippen molar-refractivity contribution in [2.45, 2.75) is 49.0 Å². The van der Waals surface area contributed by atoms with Gasteiger partial charge < -0.3 is 25.0 Å². The Morgan fingerprint density at radius 3 is 2.45 bits per heavy atom. The van der Waals surface area contributed by atoms with E-state index in [1.165, 1.54) is 24.3 Å². The monoisotopic (exact) mass is 694 g/mol. The summed E-state index contributed by atoms with van der Waals surface area (Å²) in [4.78, 5) is 13.0. The molecule has 1 unspecified atom stereocenters. The van der Waals surface area contributed by atoms with Crippen molar-refractivity contribution in [3.63, 3.8) is 0 Å². The summed E-state index contributed by atoms with van der Waals surface area (Å²) in [5.41, 5.74) is -0.361. The molecule has 3 aliphatic heterocycles. The van der Waals surface area contributed by atoms with Gasteiger partial charge in [-0.2, -0.15) is 9.97 Å². The molecule has 5 aliphatic rings. The number of halogens is 3. The molecule has 49 heavy (non-hydrogen) atoms. The Morgan fingerprint density at radius 1 is 1.14 bits per heavy atom. The Morgan fingerprint density at radius 2 is 1.86 bits per heavy atom. The van der Waals surface area contributed by atoms with E-state index in [1.54, 1.807) is 0 Å². The van der Waals surface area contributed by atoms with Crippen molar-refractivity contribution < 1.29 is 31.4 Å². The number of hydrogen-bond donors (Lipinski definition) is 2. The van der Waals surface area contributed by atoms with Gasteiger partial charge in [0.1, 0.15) is 17.6 Å². The first-order valence-corrected chi connectivity index (χ1v) is 17.9. The van der Waals surface area contributed by atoms with E-state index >= 15 is 13.2 Å². The predicted molar refractivity (Wildman–Crippen MR) is 178 cm³/mol. The molecule has 14 heteroatoms. The molecule has 2 aromatic carbocycles. The lowest BCUT2D eigenvalue weighted by atomic mass is 9.73. The summed E-state index contributed by atoms with van der Waals surface area (Å²) < 4.78 is 81.7. The molecule has 2 aliphatic carbocycles. The minimum absolute atomic E-state index is 0.0117. The molecule has 4 fully saturated rings. The molecule has 1 aromatic heterocycles. The Labute approximate surface area is 283 Å². The van der Waals surface area contributed by atoms with Crippen molar-refractivity contribution in [1.29, 1.82) is 0 Å². The summed E-state index contributed by atoms with van der Waals surface area (Å²) >= 11 is 0. The quantitative estimate of drug-likeness (QED) is 0.334. The van der Waals surface area contributed by atoms with Crippen LogP contribution >= 0.6 is 0 Å². The van der Waals surface area contributed by atoms with E-state index in [-0.39, 0.29) is 61.2 Å². The number of hydrogen-bond acceptors (Lipinski definition) is 9. The number of phenolic OH excluding ortho intramolecular Hbond substituents is 1. The van der Waals surface area contributed by atoms with Crippen LogP contribution in [0.15, 0.2) is 29.2 Å². The smallest absolute Gasteiger partial charge is 0.319 e. The number of piperidine rings is 1. The van der Waals surface area contributed by atoms with Crippen molar-refractivity contribution in [3.8, 4) is 24.1 Å². The fraction of sp³-hybridized carbons (Fsp3) is 0.486. The van der Waals surface area contributed by atoms with Crippen LogP contribution in [0.3, 0.4) is 0 Å². The van der Waals surface area contributed by atoms with Crippen molar-refractivity contribution >= 4 is 38.4 Å². The van der Waals surface area contributed by atoms with Crippen LogP contribution in [0.4, 0.5) is 19.0 Å². The maximum atomic E-state index is 15.1. The molecule has 2 N–H and O–H groups in total. The second-order valence-corrected chi connectivity index (χ2v) is 16.4. The number of terminal acetylenes is 1. The Bertz CT molecular complexity index is 2060. The maximum Gasteiger partial charge on any atom is 0.319 e. The van der Waals surface area contributed by atoms with E-state index < -0.39 is 34.2 Å². The van der Waals surface area contributed by atoms with E-state index in [1.807, 2.05) is 19.0 Å². The average molecular weight is 695 g/mol. The van der Waals surface area contributed by atoms with E-state index in [0.29, 0.717) is 29.4 Å². The van der Waals surface area contributed by atoms with Crippen LogP contribution in [0.1, 0.15) is 48.9 Å². The molecule has 4 heterocycles. The van der Waals surface area contributed by atoms with Gasteiger partial charge in [-0.1, -0.05) is 12.0 Å². The number of anilines is 1. The number of fused-ring (bicyclic) bond motifs is 2. The molecule has 0 bridgehead atoms. The zero-order valence-corrected chi connectivity index (χ0v) is 28.1. The summed E-state index contributed by atoms with van der Waals surface area (Å²) in [7, 11) is -0.768. The predicted octanol–water partition coefficient (Wildman–Crippen LogP) is 4.28. The van der Waals surface area contributed by atoms with Gasteiger partial charge in [-0.15, -0.1) is 6.42 Å². The normalized spacial score (nSPS) is 23.9. The molecular weight excluding hydrogens is 657 g/mol. The number of ether oxygens (including phenoxy) is 1. The van der Waals surface area contributed by atoms with Gasteiger partial charge in [-0.05, 0) is 74.9 Å². The minimum atomic E-state index is -4.75. The van der Waals surface area contributed by atoms with Crippen LogP contribution in [-0.2, 0) is 10.0 Å². The first kappa shape index (κ1) is 32.2. The standard InChI is InChI=1S/C35H37F3N6O4S/c1-4-23-25(36)6-5-21-13-22(45)14-24(29(21)23)27-15-26-30(49(46,47)44(27)28-16-35(28,37)38)31(43-11-9-33(10-12-43)17-39-18-33)41-32(40-26)48-20-34(7-8-34)19-42(2)3/h1,5-6,13-15,28,39,45H,7-12,16-20H2,2-3H3. The van der Waals surface area contributed by atoms with Gasteiger partial charge in [-0.25, -0.2) is 21.6 Å². The molecule has 10 nitrogen and oxygen atoms in total. The third kappa shape index (κ3) is 5.37. The van der Waals surface area contributed by atoms with Gasteiger partial charge >= 0.3 is 6.01 Å². The molecule has 258 valence electrons. The van der Waals surface area contributed by atoms with Crippen molar-refractivity contribution in [2.24, 2.45) is 10.8 Å². The van der Waals surface area contributed by atoms with Gasteiger partial charge in [0.05, 0.1) is 23.6 Å². The van der Waals surface area contributed by atoms with Crippen LogP contribution in [0.2, 0.25) is 0 Å². The second-order valence-electron chi connectivity index (χ2n) is 14.6. The zero-order chi connectivity index (χ0) is 34.5. The largest absolute Gasteiger partial charge is 0.508 e. The minimum Gasteiger partial charge on any atom is -0.508 e.